The van der Waals surface area contributed by atoms with Crippen LogP contribution in [0.1, 0.15) is 12.5 Å². The van der Waals surface area contributed by atoms with Crippen LogP contribution in [0.4, 0.5) is 18.9 Å². The Labute approximate surface area is 102 Å². The minimum Gasteiger partial charge on any atom is -0.478 e. The first-order valence-electron chi connectivity index (χ1n) is 5.10. The van der Waals surface area contributed by atoms with Crippen LogP contribution in [-0.2, 0) is 11.0 Å². The van der Waals surface area contributed by atoms with Crippen molar-refractivity contribution in [1.82, 2.24) is 0 Å². The second-order valence-corrected chi connectivity index (χ2v) is 3.76. The van der Waals surface area contributed by atoms with Gasteiger partial charge in [0.1, 0.15) is 0 Å². The fourth-order valence-electron chi connectivity index (χ4n) is 1.28. The number of anilines is 1. The summed E-state index contributed by atoms with van der Waals surface area (Å²) in [5.41, 5.74) is 0.356. The summed E-state index contributed by atoms with van der Waals surface area (Å²) in [5, 5.41) is 11.3. The molecule has 0 heterocycles. The molecule has 6 heteroatoms. The van der Waals surface area contributed by atoms with E-state index >= 15 is 0 Å². The lowest BCUT2D eigenvalue weighted by Crippen LogP contribution is -2.07. The van der Waals surface area contributed by atoms with Gasteiger partial charge in [-0.3, -0.25) is 0 Å². The number of carboxylic acids is 1. The number of alkyl halides is 3. The predicted molar refractivity (Wildman–Crippen MR) is 61.3 cm³/mol. The third kappa shape index (κ3) is 4.48. The first kappa shape index (κ1) is 14.1. The second-order valence-electron chi connectivity index (χ2n) is 3.76. The van der Waals surface area contributed by atoms with Gasteiger partial charge >= 0.3 is 12.1 Å². The van der Waals surface area contributed by atoms with Crippen molar-refractivity contribution in [2.45, 2.75) is 13.1 Å². The van der Waals surface area contributed by atoms with Gasteiger partial charge in [0.05, 0.1) is 5.56 Å². The fraction of sp³-hybridized carbons (Fsp3) is 0.250. The maximum Gasteiger partial charge on any atom is 0.416 e. The Kier molecular flexibility index (Phi) is 4.36. The van der Waals surface area contributed by atoms with Crippen LogP contribution in [0.15, 0.2) is 35.9 Å². The Morgan fingerprint density at radius 1 is 1.33 bits per heavy atom. The van der Waals surface area contributed by atoms with Crippen molar-refractivity contribution in [2.24, 2.45) is 0 Å². The molecule has 0 aromatic heterocycles. The highest BCUT2D eigenvalue weighted by atomic mass is 19.4. The van der Waals surface area contributed by atoms with Crippen molar-refractivity contribution in [3.63, 3.8) is 0 Å². The number of rotatable bonds is 4. The molecule has 0 atom stereocenters. The van der Waals surface area contributed by atoms with Crippen LogP contribution in [0.25, 0.3) is 0 Å². The molecule has 0 spiro atoms. The van der Waals surface area contributed by atoms with Crippen LogP contribution in [0.2, 0.25) is 0 Å². The number of hydrogen-bond acceptors (Lipinski definition) is 2. The summed E-state index contributed by atoms with van der Waals surface area (Å²) >= 11 is 0. The highest BCUT2D eigenvalue weighted by Crippen LogP contribution is 2.29. The van der Waals surface area contributed by atoms with Gasteiger partial charge in [-0.05, 0) is 36.8 Å². The summed E-state index contributed by atoms with van der Waals surface area (Å²) in [6, 6.07) is 4.55. The lowest BCUT2D eigenvalue weighted by molar-refractivity contribution is -0.137. The van der Waals surface area contributed by atoms with Gasteiger partial charge in [0.15, 0.2) is 0 Å². The van der Waals surface area contributed by atoms with Gasteiger partial charge in [0.25, 0.3) is 0 Å². The number of benzene rings is 1. The smallest absolute Gasteiger partial charge is 0.416 e. The largest absolute Gasteiger partial charge is 0.478 e. The van der Waals surface area contributed by atoms with Crippen molar-refractivity contribution in [2.75, 3.05) is 11.9 Å². The van der Waals surface area contributed by atoms with E-state index in [-0.39, 0.29) is 6.54 Å². The van der Waals surface area contributed by atoms with E-state index in [0.29, 0.717) is 11.3 Å². The van der Waals surface area contributed by atoms with Crippen LogP contribution >= 0.6 is 0 Å². The van der Waals surface area contributed by atoms with E-state index in [1.807, 2.05) is 0 Å². The zero-order valence-corrected chi connectivity index (χ0v) is 9.58. The standard InChI is InChI=1S/C12H12F3NO2/c1-8(6-11(17)18)7-16-10-4-2-9(3-5-10)12(13,14)15/h2-6,16H,7H2,1H3,(H,17,18)/b8-6-. The SMILES string of the molecule is C/C(=C/C(=O)O)CNc1ccc(C(F)(F)F)cc1. The number of carbonyl (C=O) groups is 1. The molecule has 0 saturated heterocycles. The summed E-state index contributed by atoms with van der Waals surface area (Å²) in [6.07, 6.45) is -3.31. The quantitative estimate of drug-likeness (QED) is 0.816. The number of nitrogens with one attached hydrogen (secondary N) is 1. The second kappa shape index (κ2) is 5.57. The Balaban J connectivity index is 2.63. The summed E-state index contributed by atoms with van der Waals surface area (Å²) in [4.78, 5) is 10.3. The molecule has 1 aromatic rings. The van der Waals surface area contributed by atoms with Gasteiger partial charge in [-0.15, -0.1) is 0 Å². The molecule has 0 aliphatic carbocycles. The van der Waals surface area contributed by atoms with Crippen LogP contribution in [0, 0.1) is 0 Å². The average Bonchev–Trinajstić information content (AvgIpc) is 2.25. The van der Waals surface area contributed by atoms with E-state index in [0.717, 1.165) is 18.2 Å². The van der Waals surface area contributed by atoms with E-state index in [9.17, 15) is 18.0 Å². The third-order valence-corrected chi connectivity index (χ3v) is 2.15. The molecule has 0 unspecified atom stereocenters. The first-order valence-corrected chi connectivity index (χ1v) is 5.10. The minimum absolute atomic E-state index is 0.262. The summed E-state index contributed by atoms with van der Waals surface area (Å²) in [5.74, 6) is -1.05. The molecular weight excluding hydrogens is 247 g/mol. The highest BCUT2D eigenvalue weighted by molar-refractivity contribution is 5.80. The molecule has 3 nitrogen and oxygen atoms in total. The number of hydrogen-bond donors (Lipinski definition) is 2. The molecule has 2 N–H and O–H groups in total. The number of aliphatic carboxylic acids is 1. The minimum atomic E-state index is -4.35. The zero-order chi connectivity index (χ0) is 13.8. The molecule has 0 fully saturated rings. The van der Waals surface area contributed by atoms with Gasteiger partial charge in [0.2, 0.25) is 0 Å². The van der Waals surface area contributed by atoms with Gasteiger partial charge < -0.3 is 10.4 Å². The molecule has 0 amide bonds. The maximum absolute atomic E-state index is 12.3. The van der Waals surface area contributed by atoms with Gasteiger partial charge in [-0.1, -0.05) is 0 Å². The first-order chi connectivity index (χ1) is 8.29. The van der Waals surface area contributed by atoms with Crippen LogP contribution in [-0.4, -0.2) is 17.6 Å². The van der Waals surface area contributed by atoms with Crippen LogP contribution in [0.3, 0.4) is 0 Å². The van der Waals surface area contributed by atoms with Crippen molar-refractivity contribution in [3.05, 3.63) is 41.5 Å². The summed E-state index contributed by atoms with van der Waals surface area (Å²) < 4.78 is 36.8. The van der Waals surface area contributed by atoms with E-state index in [1.54, 1.807) is 6.92 Å². The van der Waals surface area contributed by atoms with Crippen molar-refractivity contribution in [3.8, 4) is 0 Å². The topological polar surface area (TPSA) is 49.3 Å². The van der Waals surface area contributed by atoms with Gasteiger partial charge in [-0.25, -0.2) is 4.79 Å². The number of carboxylic acid groups (broad SMARTS) is 1. The van der Waals surface area contributed by atoms with Crippen molar-refractivity contribution in [1.29, 1.82) is 0 Å². The van der Waals surface area contributed by atoms with Crippen molar-refractivity contribution >= 4 is 11.7 Å². The monoisotopic (exact) mass is 259 g/mol. The lowest BCUT2D eigenvalue weighted by atomic mass is 10.2. The number of halogens is 3. The Morgan fingerprint density at radius 3 is 2.33 bits per heavy atom. The summed E-state index contributed by atoms with van der Waals surface area (Å²) in [6.45, 7) is 1.88. The Hall–Kier alpha value is -1.98. The molecule has 1 aromatic carbocycles. The van der Waals surface area contributed by atoms with E-state index in [2.05, 4.69) is 5.32 Å². The zero-order valence-electron chi connectivity index (χ0n) is 9.58. The molecular formula is C12H12F3NO2. The molecule has 0 aliphatic rings. The maximum atomic E-state index is 12.3. The van der Waals surface area contributed by atoms with Gasteiger partial charge in [-0.2, -0.15) is 13.2 Å². The molecule has 18 heavy (non-hydrogen) atoms. The molecule has 0 bridgehead atoms. The average molecular weight is 259 g/mol. The highest BCUT2D eigenvalue weighted by Gasteiger charge is 2.29. The van der Waals surface area contributed by atoms with E-state index in [1.165, 1.54) is 12.1 Å². The summed E-state index contributed by atoms with van der Waals surface area (Å²) in [7, 11) is 0. The van der Waals surface area contributed by atoms with Crippen LogP contribution in [0.5, 0.6) is 0 Å². The van der Waals surface area contributed by atoms with Crippen LogP contribution < -0.4 is 5.32 Å². The molecule has 98 valence electrons. The third-order valence-electron chi connectivity index (χ3n) is 2.15. The normalized spacial score (nSPS) is 12.3. The Bertz CT molecular complexity index is 449. The molecule has 1 rings (SSSR count). The predicted octanol–water partition coefficient (Wildman–Crippen LogP) is 3.15. The molecule has 0 saturated carbocycles. The van der Waals surface area contributed by atoms with Crippen molar-refractivity contribution < 1.29 is 23.1 Å². The van der Waals surface area contributed by atoms with E-state index < -0.39 is 17.7 Å². The fourth-order valence-corrected chi connectivity index (χ4v) is 1.28. The Morgan fingerprint density at radius 2 is 1.89 bits per heavy atom. The molecule has 0 radical (unpaired) electrons. The molecule has 0 aliphatic heterocycles. The van der Waals surface area contributed by atoms with Gasteiger partial charge in [0, 0.05) is 18.3 Å². The lowest BCUT2D eigenvalue weighted by Gasteiger charge is -2.09. The van der Waals surface area contributed by atoms with E-state index in [4.69, 9.17) is 5.11 Å².